The minimum atomic E-state index is 0.238. The van der Waals surface area contributed by atoms with Gasteiger partial charge in [-0.15, -0.1) is 0 Å². The van der Waals surface area contributed by atoms with Crippen molar-refractivity contribution in [3.8, 4) is 0 Å². The van der Waals surface area contributed by atoms with Gasteiger partial charge in [-0.25, -0.2) is 0 Å². The fourth-order valence-corrected chi connectivity index (χ4v) is 3.08. The Morgan fingerprint density at radius 2 is 2.00 bits per heavy atom. The van der Waals surface area contributed by atoms with Crippen LogP contribution in [0.15, 0.2) is 23.0 Å². The molecule has 1 aliphatic rings. The molecule has 0 amide bonds. The predicted molar refractivity (Wildman–Crippen MR) is 73.9 cm³/mol. The summed E-state index contributed by atoms with van der Waals surface area (Å²) in [5.41, 5.74) is 3.42. The van der Waals surface area contributed by atoms with Crippen LogP contribution in [-0.2, 0) is 12.8 Å². The van der Waals surface area contributed by atoms with E-state index in [1.807, 2.05) is 18.2 Å². The average Bonchev–Trinajstić information content (AvgIpc) is 2.31. The van der Waals surface area contributed by atoms with E-state index in [-0.39, 0.29) is 5.43 Å². The fourth-order valence-electron chi connectivity index (χ4n) is 2.45. The van der Waals surface area contributed by atoms with Crippen molar-refractivity contribution in [2.24, 2.45) is 0 Å². The van der Waals surface area contributed by atoms with Crippen molar-refractivity contribution in [1.29, 1.82) is 0 Å². The zero-order valence-corrected chi connectivity index (χ0v) is 11.0. The molecule has 1 aliphatic carbocycles. The highest BCUT2D eigenvalue weighted by atomic mass is 127. The largest absolute Gasteiger partial charge is 0.357 e. The van der Waals surface area contributed by atoms with E-state index in [0.717, 1.165) is 45.0 Å². The summed E-state index contributed by atoms with van der Waals surface area (Å²) in [5.74, 6) is 0. The van der Waals surface area contributed by atoms with E-state index in [2.05, 4.69) is 27.6 Å². The van der Waals surface area contributed by atoms with E-state index in [1.54, 1.807) is 0 Å². The molecule has 1 N–H and O–H groups in total. The Morgan fingerprint density at radius 3 is 2.88 bits per heavy atom. The lowest BCUT2D eigenvalue weighted by molar-refractivity contribution is 0.667. The molecule has 2 nitrogen and oxygen atoms in total. The van der Waals surface area contributed by atoms with Crippen LogP contribution in [0.3, 0.4) is 0 Å². The molecule has 2 aromatic rings. The highest BCUT2D eigenvalue weighted by Crippen LogP contribution is 2.22. The second kappa shape index (κ2) is 3.87. The van der Waals surface area contributed by atoms with Gasteiger partial charge in [0.1, 0.15) is 0 Å². The van der Waals surface area contributed by atoms with Crippen LogP contribution in [0.25, 0.3) is 10.9 Å². The summed E-state index contributed by atoms with van der Waals surface area (Å²) in [7, 11) is 0. The van der Waals surface area contributed by atoms with Gasteiger partial charge >= 0.3 is 0 Å². The second-order valence-electron chi connectivity index (χ2n) is 4.28. The molecular formula is C13H12INO. The van der Waals surface area contributed by atoms with Crippen LogP contribution in [0, 0.1) is 3.57 Å². The number of aromatic nitrogens is 1. The van der Waals surface area contributed by atoms with Crippen molar-refractivity contribution in [3.63, 3.8) is 0 Å². The molecule has 0 radical (unpaired) electrons. The zero-order chi connectivity index (χ0) is 11.1. The second-order valence-corrected chi connectivity index (χ2v) is 5.44. The topological polar surface area (TPSA) is 32.9 Å². The maximum absolute atomic E-state index is 12.3. The predicted octanol–water partition coefficient (Wildman–Crippen LogP) is 3.01. The number of H-pyrrole nitrogens is 1. The molecule has 0 bridgehead atoms. The fraction of sp³-hybridized carbons (Fsp3) is 0.308. The van der Waals surface area contributed by atoms with E-state index in [0.29, 0.717) is 0 Å². The third-order valence-corrected chi connectivity index (χ3v) is 4.18. The maximum Gasteiger partial charge on any atom is 0.192 e. The number of para-hydroxylation sites is 1. The lowest BCUT2D eigenvalue weighted by Crippen LogP contribution is -2.18. The van der Waals surface area contributed by atoms with Crippen molar-refractivity contribution in [2.45, 2.75) is 25.7 Å². The molecule has 0 unspecified atom stereocenters. The van der Waals surface area contributed by atoms with Crippen molar-refractivity contribution in [1.82, 2.24) is 4.98 Å². The van der Waals surface area contributed by atoms with Crippen LogP contribution in [0.5, 0.6) is 0 Å². The molecule has 1 aromatic carbocycles. The van der Waals surface area contributed by atoms with Crippen molar-refractivity contribution in [2.75, 3.05) is 0 Å². The summed E-state index contributed by atoms with van der Waals surface area (Å²) in [6.45, 7) is 0. The first-order valence-corrected chi connectivity index (χ1v) is 6.67. The number of nitrogens with one attached hydrogen (secondary N) is 1. The Labute approximate surface area is 107 Å². The molecule has 0 saturated carbocycles. The summed E-state index contributed by atoms with van der Waals surface area (Å²) in [6.07, 6.45) is 4.29. The van der Waals surface area contributed by atoms with E-state index in [9.17, 15) is 4.79 Å². The Bertz CT molecular complexity index is 615. The van der Waals surface area contributed by atoms with Gasteiger partial charge in [-0.05, 0) is 60.4 Å². The maximum atomic E-state index is 12.3. The Morgan fingerprint density at radius 1 is 1.19 bits per heavy atom. The van der Waals surface area contributed by atoms with Gasteiger partial charge in [-0.1, -0.05) is 6.07 Å². The molecular weight excluding hydrogens is 313 g/mol. The number of fused-ring (bicyclic) bond motifs is 2. The van der Waals surface area contributed by atoms with Gasteiger partial charge in [-0.3, -0.25) is 4.79 Å². The Balaban J connectivity index is 2.44. The first-order chi connectivity index (χ1) is 7.77. The number of rotatable bonds is 0. The highest BCUT2D eigenvalue weighted by Gasteiger charge is 2.15. The van der Waals surface area contributed by atoms with Crippen molar-refractivity contribution >= 4 is 33.5 Å². The molecule has 1 heterocycles. The van der Waals surface area contributed by atoms with Gasteiger partial charge in [0.05, 0.1) is 5.52 Å². The lowest BCUT2D eigenvalue weighted by Gasteiger charge is -2.16. The first-order valence-electron chi connectivity index (χ1n) is 5.59. The molecule has 0 aliphatic heterocycles. The molecule has 0 spiro atoms. The number of halogens is 1. The lowest BCUT2D eigenvalue weighted by atomic mass is 9.94. The van der Waals surface area contributed by atoms with E-state index < -0.39 is 0 Å². The number of pyridine rings is 1. The van der Waals surface area contributed by atoms with Gasteiger partial charge in [0, 0.05) is 20.2 Å². The minimum Gasteiger partial charge on any atom is -0.357 e. The summed E-state index contributed by atoms with van der Waals surface area (Å²) in [4.78, 5) is 15.8. The standard InChI is InChI=1S/C13H12INO/c14-10-6-3-5-9-12(10)15-11-7-2-1-4-8(11)13(9)16/h3,5-6H,1-2,4,7H2,(H,15,16). The number of aromatic amines is 1. The number of hydrogen-bond acceptors (Lipinski definition) is 1. The summed E-state index contributed by atoms with van der Waals surface area (Å²) in [6, 6.07) is 5.91. The third-order valence-electron chi connectivity index (χ3n) is 3.28. The van der Waals surface area contributed by atoms with Gasteiger partial charge in [0.15, 0.2) is 5.43 Å². The molecule has 0 saturated heterocycles. The van der Waals surface area contributed by atoms with Crippen LogP contribution in [0.2, 0.25) is 0 Å². The average molecular weight is 325 g/mol. The third kappa shape index (κ3) is 1.49. The minimum absolute atomic E-state index is 0.238. The van der Waals surface area contributed by atoms with Gasteiger partial charge < -0.3 is 4.98 Å². The summed E-state index contributed by atoms with van der Waals surface area (Å²) < 4.78 is 1.13. The van der Waals surface area contributed by atoms with E-state index in [4.69, 9.17) is 0 Å². The van der Waals surface area contributed by atoms with Gasteiger partial charge in [0.25, 0.3) is 0 Å². The SMILES string of the molecule is O=c1c2c([nH]c3c(I)cccc13)CCCC2. The Kier molecular flexibility index (Phi) is 2.50. The quantitative estimate of drug-likeness (QED) is 0.742. The first kappa shape index (κ1) is 10.3. The number of benzene rings is 1. The molecule has 0 atom stereocenters. The van der Waals surface area contributed by atoms with Crippen LogP contribution in [0.1, 0.15) is 24.1 Å². The summed E-state index contributed by atoms with van der Waals surface area (Å²) >= 11 is 2.28. The van der Waals surface area contributed by atoms with Crippen LogP contribution >= 0.6 is 22.6 Å². The molecule has 82 valence electrons. The Hall–Kier alpha value is -0.840. The monoisotopic (exact) mass is 325 g/mol. The zero-order valence-electron chi connectivity index (χ0n) is 8.85. The van der Waals surface area contributed by atoms with Crippen molar-refractivity contribution in [3.05, 3.63) is 43.2 Å². The van der Waals surface area contributed by atoms with E-state index in [1.165, 1.54) is 6.42 Å². The number of aryl methyl sites for hydroxylation is 1. The smallest absolute Gasteiger partial charge is 0.192 e. The molecule has 3 heteroatoms. The van der Waals surface area contributed by atoms with Crippen LogP contribution in [-0.4, -0.2) is 4.98 Å². The number of hydrogen-bond donors (Lipinski definition) is 1. The van der Waals surface area contributed by atoms with E-state index >= 15 is 0 Å². The van der Waals surface area contributed by atoms with Crippen LogP contribution in [0.4, 0.5) is 0 Å². The highest BCUT2D eigenvalue weighted by molar-refractivity contribution is 14.1. The van der Waals surface area contributed by atoms with Crippen LogP contribution < -0.4 is 5.43 Å². The normalized spacial score (nSPS) is 15.1. The van der Waals surface area contributed by atoms with Gasteiger partial charge in [-0.2, -0.15) is 0 Å². The molecule has 16 heavy (non-hydrogen) atoms. The molecule has 0 fully saturated rings. The summed E-state index contributed by atoms with van der Waals surface area (Å²) in [5, 5.41) is 0.840. The molecule has 1 aromatic heterocycles. The van der Waals surface area contributed by atoms with Crippen molar-refractivity contribution < 1.29 is 0 Å². The van der Waals surface area contributed by atoms with Gasteiger partial charge in [0.2, 0.25) is 0 Å². The molecule has 3 rings (SSSR count).